The van der Waals surface area contributed by atoms with Crippen LogP contribution in [0.5, 0.6) is 0 Å². The molecule has 8 nitrogen and oxygen atoms in total. The van der Waals surface area contributed by atoms with Crippen LogP contribution in [0.25, 0.3) is 22.0 Å². The molecule has 1 aromatic heterocycles. The summed E-state index contributed by atoms with van der Waals surface area (Å²) >= 11 is 7.24. The monoisotopic (exact) mass is 653 g/mol. The quantitative estimate of drug-likeness (QED) is 0.214. The first-order valence-corrected chi connectivity index (χ1v) is 15.4. The van der Waals surface area contributed by atoms with Gasteiger partial charge in [-0.25, -0.2) is 9.18 Å². The van der Waals surface area contributed by atoms with Gasteiger partial charge in [0.2, 0.25) is 5.91 Å². The van der Waals surface area contributed by atoms with Gasteiger partial charge in [0.25, 0.3) is 0 Å². The molecule has 3 heterocycles. The lowest BCUT2D eigenvalue weighted by Gasteiger charge is -2.44. The van der Waals surface area contributed by atoms with Crippen molar-refractivity contribution in [3.63, 3.8) is 0 Å². The fraction of sp³-hybridized carbons (Fsp3) is 0.433. The van der Waals surface area contributed by atoms with Gasteiger partial charge in [-0.05, 0) is 43.7 Å². The fourth-order valence-corrected chi connectivity index (χ4v) is 7.59. The van der Waals surface area contributed by atoms with Crippen LogP contribution in [0.1, 0.15) is 19.4 Å². The molecule has 44 heavy (non-hydrogen) atoms. The lowest BCUT2D eigenvalue weighted by Crippen LogP contribution is -2.58. The van der Waals surface area contributed by atoms with Crippen LogP contribution < -0.4 is 15.9 Å². The molecular weight excluding hydrogens is 622 g/mol. The second-order valence-electron chi connectivity index (χ2n) is 11.0. The van der Waals surface area contributed by atoms with Crippen LogP contribution in [0.4, 0.5) is 23.4 Å². The van der Waals surface area contributed by atoms with Gasteiger partial charge in [0.15, 0.2) is 0 Å². The highest BCUT2D eigenvalue weighted by Gasteiger charge is 2.40. The molecule has 3 aromatic rings. The zero-order valence-corrected chi connectivity index (χ0v) is 26.0. The highest BCUT2D eigenvalue weighted by Crippen LogP contribution is 2.48. The summed E-state index contributed by atoms with van der Waals surface area (Å²) in [6.07, 6.45) is -3.58. The fourth-order valence-electron chi connectivity index (χ4n) is 6.09. The molecule has 0 bridgehead atoms. The van der Waals surface area contributed by atoms with E-state index in [0.717, 1.165) is 12.1 Å². The van der Waals surface area contributed by atoms with Crippen molar-refractivity contribution in [1.29, 1.82) is 0 Å². The van der Waals surface area contributed by atoms with Crippen LogP contribution in [-0.2, 0) is 22.3 Å². The number of thioether (sulfide) groups is 1. The first-order chi connectivity index (χ1) is 20.8. The van der Waals surface area contributed by atoms with E-state index in [1.165, 1.54) is 34.5 Å². The number of rotatable bonds is 7. The first-order valence-electron chi connectivity index (χ1n) is 14.0. The van der Waals surface area contributed by atoms with Gasteiger partial charge in [0.05, 0.1) is 22.7 Å². The molecule has 1 N–H and O–H groups in total. The summed E-state index contributed by atoms with van der Waals surface area (Å²) in [7, 11) is 1.56. The zero-order valence-electron chi connectivity index (χ0n) is 24.4. The molecule has 0 spiro atoms. The van der Waals surface area contributed by atoms with E-state index in [1.807, 2.05) is 13.8 Å². The number of amides is 1. The first kappa shape index (κ1) is 32.3. The Morgan fingerprint density at radius 2 is 1.93 bits per heavy atom. The number of halogens is 5. The molecule has 0 aliphatic carbocycles. The topological polar surface area (TPSA) is 79.7 Å². The average Bonchev–Trinajstić information content (AvgIpc) is 3.16. The number of methoxy groups -OCH3 is 1. The Bertz CT molecular complexity index is 1650. The number of carbonyl (C=O) groups excluding carboxylic acids is 1. The maximum Gasteiger partial charge on any atom is 0.417 e. The molecule has 5 rings (SSSR count). The number of alkyl halides is 3. The van der Waals surface area contributed by atoms with Crippen molar-refractivity contribution in [1.82, 2.24) is 19.8 Å². The number of ether oxygens (including phenoxy) is 1. The maximum atomic E-state index is 14.9. The van der Waals surface area contributed by atoms with Crippen LogP contribution >= 0.6 is 23.4 Å². The average molecular weight is 654 g/mol. The number of anilines is 1. The van der Waals surface area contributed by atoms with Gasteiger partial charge in [-0.2, -0.15) is 18.2 Å². The Morgan fingerprint density at radius 3 is 2.55 bits per heavy atom. The second-order valence-corrected chi connectivity index (χ2v) is 12.4. The molecule has 3 unspecified atom stereocenters. The summed E-state index contributed by atoms with van der Waals surface area (Å²) in [5, 5.41) is 3.16. The third kappa shape index (κ3) is 6.07. The van der Waals surface area contributed by atoms with Gasteiger partial charge in [0, 0.05) is 73.0 Å². The van der Waals surface area contributed by atoms with Gasteiger partial charge in [0.1, 0.15) is 11.6 Å². The summed E-state index contributed by atoms with van der Waals surface area (Å²) in [5.74, 6) is -0.551. The molecule has 0 radical (unpaired) electrons. The normalized spacial score (nSPS) is 20.6. The number of aromatic nitrogens is 2. The summed E-state index contributed by atoms with van der Waals surface area (Å²) in [6, 6.07) is 3.55. The molecule has 236 valence electrons. The van der Waals surface area contributed by atoms with Gasteiger partial charge in [-0.3, -0.25) is 9.36 Å². The molecule has 2 aromatic carbocycles. The predicted molar refractivity (Wildman–Crippen MR) is 164 cm³/mol. The third-order valence-electron chi connectivity index (χ3n) is 7.93. The SMILES string of the molecule is C=CC(=O)N1C(C)CN(c2nc(=O)n3c4c(c(-c5ccc(F)c(Cl)c5)c(C(F)(F)F)cc24)SCC(NCCOC)C3)CC1C. The Morgan fingerprint density at radius 1 is 1.23 bits per heavy atom. The molecule has 1 saturated heterocycles. The number of nitrogens with one attached hydrogen (secondary N) is 1. The standard InChI is InChI=1S/C30H32ClF4N5O3S/c1-5-24(41)40-16(2)12-38(13-17(40)3)28-20-11-21(30(33,34)35)25(18-6-7-23(32)22(31)10-18)27-26(20)39(29(42)37-28)14-19(15-44-27)36-8-9-43-4/h5-7,10-11,16-17,19,36H,1,8-9,12-15H2,2-4H3. The largest absolute Gasteiger partial charge is 0.417 e. The Hall–Kier alpha value is -3.13. The Labute approximate surface area is 261 Å². The molecule has 14 heteroatoms. The second kappa shape index (κ2) is 12.7. The van der Waals surface area contributed by atoms with E-state index >= 15 is 0 Å². The third-order valence-corrected chi connectivity index (χ3v) is 9.48. The van der Waals surface area contributed by atoms with E-state index in [2.05, 4.69) is 16.9 Å². The molecular formula is C30H32ClF4N5O3S. The highest BCUT2D eigenvalue weighted by molar-refractivity contribution is 7.99. The van der Waals surface area contributed by atoms with Crippen molar-refractivity contribution in [2.45, 2.75) is 49.6 Å². The molecule has 2 aliphatic rings. The number of hydrogen-bond acceptors (Lipinski definition) is 7. The maximum absolute atomic E-state index is 14.9. The van der Waals surface area contributed by atoms with Crippen LogP contribution in [0.15, 0.2) is 46.6 Å². The minimum absolute atomic E-state index is 0.0788. The van der Waals surface area contributed by atoms with E-state index < -0.39 is 23.2 Å². The minimum atomic E-state index is -4.81. The summed E-state index contributed by atoms with van der Waals surface area (Å²) in [5.41, 5.74) is -1.34. The predicted octanol–water partition coefficient (Wildman–Crippen LogP) is 5.20. The van der Waals surface area contributed by atoms with Crippen LogP contribution in [0, 0.1) is 5.82 Å². The van der Waals surface area contributed by atoms with Gasteiger partial charge in [-0.15, -0.1) is 11.8 Å². The van der Waals surface area contributed by atoms with Gasteiger partial charge in [-0.1, -0.05) is 24.2 Å². The number of piperazine rings is 1. The van der Waals surface area contributed by atoms with E-state index in [9.17, 15) is 27.2 Å². The summed E-state index contributed by atoms with van der Waals surface area (Å²) in [4.78, 5) is 34.3. The number of benzene rings is 2. The molecule has 1 amide bonds. The van der Waals surface area contributed by atoms with Crippen molar-refractivity contribution in [3.05, 3.63) is 63.8 Å². The van der Waals surface area contributed by atoms with E-state index in [1.54, 1.807) is 16.9 Å². The van der Waals surface area contributed by atoms with E-state index in [0.29, 0.717) is 24.4 Å². The lowest BCUT2D eigenvalue weighted by atomic mass is 9.96. The molecule has 2 aliphatic heterocycles. The number of nitrogens with zero attached hydrogens (tertiary/aromatic N) is 4. The van der Waals surface area contributed by atoms with Gasteiger partial charge < -0.3 is 19.9 Å². The molecule has 1 fully saturated rings. The van der Waals surface area contributed by atoms with Crippen molar-refractivity contribution in [2.75, 3.05) is 44.0 Å². The van der Waals surface area contributed by atoms with Gasteiger partial charge >= 0.3 is 11.9 Å². The zero-order chi connectivity index (χ0) is 31.9. The van der Waals surface area contributed by atoms with Crippen LogP contribution in [0.3, 0.4) is 0 Å². The van der Waals surface area contributed by atoms with Crippen molar-refractivity contribution in [2.24, 2.45) is 0 Å². The number of hydrogen-bond donors (Lipinski definition) is 1. The van der Waals surface area contributed by atoms with Crippen molar-refractivity contribution in [3.8, 4) is 11.1 Å². The van der Waals surface area contributed by atoms with E-state index in [4.69, 9.17) is 16.3 Å². The smallest absolute Gasteiger partial charge is 0.383 e. The summed E-state index contributed by atoms with van der Waals surface area (Å²) < 4.78 is 65.4. The lowest BCUT2D eigenvalue weighted by molar-refractivity contribution is -0.137. The van der Waals surface area contributed by atoms with Crippen LogP contribution in [-0.4, -0.2) is 77.6 Å². The highest BCUT2D eigenvalue weighted by atomic mass is 35.5. The number of carbonyl (C=O) groups is 1. The summed E-state index contributed by atoms with van der Waals surface area (Å²) in [6.45, 7) is 8.77. The molecule has 0 saturated carbocycles. The minimum Gasteiger partial charge on any atom is -0.383 e. The van der Waals surface area contributed by atoms with Crippen molar-refractivity contribution < 1.29 is 27.1 Å². The van der Waals surface area contributed by atoms with Crippen molar-refractivity contribution >= 4 is 46.0 Å². The Balaban J connectivity index is 1.78. The van der Waals surface area contributed by atoms with Crippen LogP contribution in [0.2, 0.25) is 5.02 Å². The molecule has 3 atom stereocenters. The Kier molecular flexibility index (Phi) is 9.31. The van der Waals surface area contributed by atoms with E-state index in [-0.39, 0.29) is 75.9 Å².